The summed E-state index contributed by atoms with van der Waals surface area (Å²) in [6, 6.07) is 0.680. The highest BCUT2D eigenvalue weighted by Crippen LogP contribution is 2.33. The van der Waals surface area contributed by atoms with Gasteiger partial charge in [-0.1, -0.05) is 45.3 Å². The molecule has 0 aromatic heterocycles. The molecule has 0 aromatic rings. The molecule has 0 saturated heterocycles. The Morgan fingerprint density at radius 3 is 2.32 bits per heavy atom. The van der Waals surface area contributed by atoms with E-state index in [0.29, 0.717) is 6.04 Å². The van der Waals surface area contributed by atoms with Crippen molar-refractivity contribution in [1.82, 2.24) is 0 Å². The monoisotopic (exact) mass is 297 g/mol. The summed E-state index contributed by atoms with van der Waals surface area (Å²) in [5.41, 5.74) is 1.57. The Hall–Kier alpha value is 0.237. The molecule has 1 unspecified atom stereocenters. The molecule has 2 saturated carbocycles. The number of nitrogens with zero attached hydrogens (tertiary/aromatic N) is 1. The van der Waals surface area contributed by atoms with E-state index in [1.54, 1.807) is 5.71 Å². The first-order chi connectivity index (χ1) is 9.03. The van der Waals surface area contributed by atoms with Gasteiger partial charge in [-0.05, 0) is 38.5 Å². The minimum absolute atomic E-state index is 0.680. The van der Waals surface area contributed by atoms with Gasteiger partial charge in [0.05, 0.1) is 0 Å². The van der Waals surface area contributed by atoms with Crippen LogP contribution >= 0.6 is 11.2 Å². The van der Waals surface area contributed by atoms with Crippen molar-refractivity contribution in [3.05, 3.63) is 0 Å². The van der Waals surface area contributed by atoms with E-state index in [4.69, 9.17) is 4.99 Å². The van der Waals surface area contributed by atoms with E-state index in [1.807, 2.05) is 0 Å². The van der Waals surface area contributed by atoms with Gasteiger partial charge in [0.1, 0.15) is 7.22 Å². The zero-order chi connectivity index (χ0) is 13.7. The summed E-state index contributed by atoms with van der Waals surface area (Å²) in [4.78, 5) is 5.15. The van der Waals surface area contributed by atoms with Crippen molar-refractivity contribution in [1.29, 1.82) is 0 Å². The number of rotatable bonds is 3. The van der Waals surface area contributed by atoms with Crippen LogP contribution < -0.4 is 0 Å². The molecular formula is C16H31NSSi. The van der Waals surface area contributed by atoms with Gasteiger partial charge >= 0.3 is 0 Å². The fourth-order valence-electron chi connectivity index (χ4n) is 3.35. The van der Waals surface area contributed by atoms with Crippen LogP contribution in [-0.4, -0.2) is 24.2 Å². The Morgan fingerprint density at radius 2 is 1.63 bits per heavy atom. The summed E-state index contributed by atoms with van der Waals surface area (Å²) < 4.78 is 0. The predicted octanol–water partition coefficient (Wildman–Crippen LogP) is 5.66. The normalized spacial score (nSPS) is 29.4. The topological polar surface area (TPSA) is 12.4 Å². The maximum Gasteiger partial charge on any atom is 0.108 e. The first-order valence-electron chi connectivity index (χ1n) is 8.26. The summed E-state index contributed by atoms with van der Waals surface area (Å²) in [7, 11) is -0.987. The molecule has 0 spiro atoms. The molecule has 110 valence electrons. The zero-order valence-corrected chi connectivity index (χ0v) is 14.9. The second kappa shape index (κ2) is 7.30. The highest BCUT2D eigenvalue weighted by atomic mass is 32.4. The van der Waals surface area contributed by atoms with Crippen molar-refractivity contribution in [3.8, 4) is 0 Å². The van der Waals surface area contributed by atoms with Crippen LogP contribution in [0.5, 0.6) is 0 Å². The van der Waals surface area contributed by atoms with Crippen molar-refractivity contribution >= 4 is 24.1 Å². The third kappa shape index (κ3) is 6.03. The maximum absolute atomic E-state index is 5.15. The van der Waals surface area contributed by atoms with E-state index in [9.17, 15) is 0 Å². The molecule has 0 aromatic carbocycles. The fourth-order valence-corrected chi connectivity index (χ4v) is 8.52. The minimum Gasteiger partial charge on any atom is -0.291 e. The molecule has 1 nitrogen and oxygen atoms in total. The van der Waals surface area contributed by atoms with Gasteiger partial charge in [-0.3, -0.25) is 4.99 Å². The molecule has 2 rings (SSSR count). The Bertz CT molecular complexity index is 302. The van der Waals surface area contributed by atoms with Crippen LogP contribution in [0.2, 0.25) is 19.6 Å². The van der Waals surface area contributed by atoms with Crippen LogP contribution in [0.15, 0.2) is 4.99 Å². The largest absolute Gasteiger partial charge is 0.291 e. The highest BCUT2D eigenvalue weighted by molar-refractivity contribution is 8.29. The Balaban J connectivity index is 1.93. The second-order valence-electron chi connectivity index (χ2n) is 7.29. The molecule has 2 fully saturated rings. The SMILES string of the molecule is C[Si](C)(C)SC1CCCC/C(=N\C2CCCCC2)C1. The van der Waals surface area contributed by atoms with E-state index in [-0.39, 0.29) is 0 Å². The molecule has 0 N–H and O–H groups in total. The summed E-state index contributed by atoms with van der Waals surface area (Å²) >= 11 is 2.31. The fraction of sp³-hybridized carbons (Fsp3) is 0.938. The first-order valence-corrected chi connectivity index (χ1v) is 13.4. The lowest BCUT2D eigenvalue weighted by atomic mass is 9.95. The quantitative estimate of drug-likeness (QED) is 0.483. The van der Waals surface area contributed by atoms with E-state index >= 15 is 0 Å². The highest BCUT2D eigenvalue weighted by Gasteiger charge is 2.24. The van der Waals surface area contributed by atoms with Crippen molar-refractivity contribution in [2.45, 2.75) is 95.1 Å². The molecule has 1 atom stereocenters. The average Bonchev–Trinajstić information content (AvgIpc) is 2.53. The van der Waals surface area contributed by atoms with Crippen molar-refractivity contribution in [2.24, 2.45) is 4.99 Å². The van der Waals surface area contributed by atoms with Gasteiger partial charge in [0.25, 0.3) is 0 Å². The van der Waals surface area contributed by atoms with Crippen LogP contribution in [0.3, 0.4) is 0 Å². The van der Waals surface area contributed by atoms with Gasteiger partial charge in [0.15, 0.2) is 0 Å². The van der Waals surface area contributed by atoms with Crippen LogP contribution in [0, 0.1) is 0 Å². The van der Waals surface area contributed by atoms with Gasteiger partial charge in [-0.15, -0.1) is 0 Å². The van der Waals surface area contributed by atoms with Crippen LogP contribution in [0.1, 0.15) is 64.2 Å². The second-order valence-corrected chi connectivity index (χ2v) is 16.8. The van der Waals surface area contributed by atoms with Crippen molar-refractivity contribution < 1.29 is 0 Å². The molecule has 0 bridgehead atoms. The molecule has 19 heavy (non-hydrogen) atoms. The van der Waals surface area contributed by atoms with Gasteiger partial charge < -0.3 is 0 Å². The van der Waals surface area contributed by atoms with Crippen LogP contribution in [-0.2, 0) is 0 Å². The molecular weight excluding hydrogens is 266 g/mol. The number of hydrogen-bond donors (Lipinski definition) is 0. The Labute approximate surface area is 124 Å². The standard InChI is InChI=1S/C16H31NSSi/c1-19(2,3)18-16-12-8-7-11-15(13-16)17-14-9-5-4-6-10-14/h14,16H,4-13H2,1-3H3/b17-15+. The van der Waals surface area contributed by atoms with Crippen LogP contribution in [0.25, 0.3) is 0 Å². The molecule has 0 heterocycles. The van der Waals surface area contributed by atoms with E-state index in [1.165, 1.54) is 64.2 Å². The van der Waals surface area contributed by atoms with Gasteiger partial charge in [-0.25, -0.2) is 0 Å². The third-order valence-electron chi connectivity index (χ3n) is 4.16. The number of hydrogen-bond acceptors (Lipinski definition) is 2. The van der Waals surface area contributed by atoms with Gasteiger partial charge in [0.2, 0.25) is 0 Å². The molecule has 0 aliphatic heterocycles. The smallest absolute Gasteiger partial charge is 0.108 e. The third-order valence-corrected chi connectivity index (χ3v) is 8.73. The van der Waals surface area contributed by atoms with E-state index in [0.717, 1.165) is 5.25 Å². The molecule has 0 radical (unpaired) electrons. The molecule has 0 amide bonds. The lowest BCUT2D eigenvalue weighted by molar-refractivity contribution is 0.442. The Kier molecular flexibility index (Phi) is 6.01. The predicted molar refractivity (Wildman–Crippen MR) is 92.1 cm³/mol. The van der Waals surface area contributed by atoms with Gasteiger partial charge in [-0.2, -0.15) is 11.2 Å². The van der Waals surface area contributed by atoms with E-state index < -0.39 is 7.22 Å². The minimum atomic E-state index is -0.987. The van der Waals surface area contributed by atoms with Crippen molar-refractivity contribution in [3.63, 3.8) is 0 Å². The Morgan fingerprint density at radius 1 is 0.947 bits per heavy atom. The average molecular weight is 298 g/mol. The summed E-state index contributed by atoms with van der Waals surface area (Å²) in [5.74, 6) is 0. The summed E-state index contributed by atoms with van der Waals surface area (Å²) in [5, 5.41) is 0.872. The van der Waals surface area contributed by atoms with E-state index in [2.05, 4.69) is 30.9 Å². The lowest BCUT2D eigenvalue weighted by Crippen LogP contribution is -2.22. The maximum atomic E-state index is 5.15. The van der Waals surface area contributed by atoms with Crippen molar-refractivity contribution in [2.75, 3.05) is 0 Å². The molecule has 3 heteroatoms. The van der Waals surface area contributed by atoms with Crippen LogP contribution in [0.4, 0.5) is 0 Å². The molecule has 2 aliphatic rings. The zero-order valence-electron chi connectivity index (χ0n) is 13.1. The van der Waals surface area contributed by atoms with Gasteiger partial charge in [0, 0.05) is 17.0 Å². The lowest BCUT2D eigenvalue weighted by Gasteiger charge is -2.24. The first kappa shape index (κ1) is 15.6. The number of aliphatic imine (C=N–C) groups is 1. The summed E-state index contributed by atoms with van der Waals surface area (Å²) in [6.45, 7) is 7.46. The summed E-state index contributed by atoms with van der Waals surface area (Å²) in [6.07, 6.45) is 13.8. The molecule has 2 aliphatic carbocycles.